The van der Waals surface area contributed by atoms with Gasteiger partial charge in [-0.1, -0.05) is 186 Å². The Labute approximate surface area is 298 Å². The maximum absolute atomic E-state index is 5.16. The van der Waals surface area contributed by atoms with Crippen molar-refractivity contribution in [2.75, 3.05) is 0 Å². The van der Waals surface area contributed by atoms with Crippen LogP contribution in [0.3, 0.4) is 0 Å². The SMILES string of the molecule is c1ccc(-c2ccccc2B(c2ccc(Cc3ncc4c(n3)c3ccccc3n4-c3ccccc3)cc2)c2ccccc2-c2ccccc2)cc1. The summed E-state index contributed by atoms with van der Waals surface area (Å²) in [5.41, 5.74) is 14.1. The van der Waals surface area contributed by atoms with E-state index in [1.54, 1.807) is 0 Å². The molecule has 9 rings (SSSR count). The Kier molecular flexibility index (Phi) is 8.03. The second-order valence-corrected chi connectivity index (χ2v) is 13.0. The lowest BCUT2D eigenvalue weighted by atomic mass is 9.35. The van der Waals surface area contributed by atoms with Gasteiger partial charge in [0.25, 0.3) is 0 Å². The maximum atomic E-state index is 5.16. The first-order valence-corrected chi connectivity index (χ1v) is 17.5. The third kappa shape index (κ3) is 5.81. The van der Waals surface area contributed by atoms with Crippen LogP contribution in [-0.2, 0) is 6.42 Å². The Balaban J connectivity index is 1.12. The van der Waals surface area contributed by atoms with E-state index in [1.807, 2.05) is 12.3 Å². The highest BCUT2D eigenvalue weighted by Gasteiger charge is 2.27. The van der Waals surface area contributed by atoms with E-state index in [1.165, 1.54) is 44.2 Å². The Morgan fingerprint density at radius 3 is 1.63 bits per heavy atom. The van der Waals surface area contributed by atoms with Gasteiger partial charge in [-0.15, -0.1) is 0 Å². The fourth-order valence-corrected chi connectivity index (χ4v) is 7.51. The lowest BCUT2D eigenvalue weighted by Gasteiger charge is -2.22. The first-order chi connectivity index (χ1) is 25.3. The van der Waals surface area contributed by atoms with Crippen molar-refractivity contribution in [1.29, 1.82) is 0 Å². The number of hydrogen-bond acceptors (Lipinski definition) is 2. The van der Waals surface area contributed by atoms with Crippen molar-refractivity contribution in [3.63, 3.8) is 0 Å². The zero-order valence-corrected chi connectivity index (χ0v) is 28.1. The number of rotatable bonds is 8. The van der Waals surface area contributed by atoms with Gasteiger partial charge in [-0.3, -0.25) is 0 Å². The highest BCUT2D eigenvalue weighted by Crippen LogP contribution is 2.30. The third-order valence-electron chi connectivity index (χ3n) is 9.86. The molecule has 2 heterocycles. The molecule has 51 heavy (non-hydrogen) atoms. The standard InChI is InChI=1S/C47H34BN3/c1-4-16-35(17-5-1)39-22-10-13-25-42(39)48(43-26-14-11-23-40(43)36-18-6-2-7-19-36)37-30-28-34(29-31-37)32-46-49-33-45-47(50-46)41-24-12-15-27-44(41)51(45)38-20-8-3-9-21-38/h1-31,33H,32H2. The monoisotopic (exact) mass is 651 g/mol. The predicted octanol–water partition coefficient (Wildman–Crippen LogP) is 9.01. The quantitative estimate of drug-likeness (QED) is 0.154. The molecule has 0 atom stereocenters. The van der Waals surface area contributed by atoms with Crippen molar-refractivity contribution in [3.8, 4) is 27.9 Å². The summed E-state index contributed by atoms with van der Waals surface area (Å²) in [6, 6.07) is 67.1. The molecule has 4 heteroatoms. The number of aromatic nitrogens is 3. The molecule has 0 N–H and O–H groups in total. The van der Waals surface area contributed by atoms with Gasteiger partial charge in [-0.25, -0.2) is 9.97 Å². The van der Waals surface area contributed by atoms with Crippen molar-refractivity contribution in [2.24, 2.45) is 0 Å². The molecule has 0 aliphatic carbocycles. The van der Waals surface area contributed by atoms with E-state index in [9.17, 15) is 0 Å². The molecule has 7 aromatic carbocycles. The minimum atomic E-state index is 0.0172. The van der Waals surface area contributed by atoms with Crippen molar-refractivity contribution >= 4 is 45.0 Å². The molecule has 0 fully saturated rings. The van der Waals surface area contributed by atoms with Gasteiger partial charge in [0, 0.05) is 17.5 Å². The van der Waals surface area contributed by atoms with Crippen LogP contribution in [0, 0.1) is 0 Å². The second-order valence-electron chi connectivity index (χ2n) is 13.0. The fourth-order valence-electron chi connectivity index (χ4n) is 7.51. The Hall–Kier alpha value is -6.52. The summed E-state index contributed by atoms with van der Waals surface area (Å²) in [4.78, 5) is 10.1. The minimum absolute atomic E-state index is 0.0172. The van der Waals surface area contributed by atoms with Gasteiger partial charge in [0.2, 0.25) is 6.71 Å². The van der Waals surface area contributed by atoms with E-state index in [-0.39, 0.29) is 6.71 Å². The van der Waals surface area contributed by atoms with Crippen LogP contribution in [0.15, 0.2) is 194 Å². The fraction of sp³-hybridized carbons (Fsp3) is 0.0213. The molecule has 0 aliphatic heterocycles. The lowest BCUT2D eigenvalue weighted by molar-refractivity contribution is 0.988. The predicted molar refractivity (Wildman–Crippen MR) is 214 cm³/mol. The van der Waals surface area contributed by atoms with Crippen LogP contribution in [0.1, 0.15) is 11.4 Å². The Morgan fingerprint density at radius 2 is 1.00 bits per heavy atom. The Bertz CT molecular complexity index is 2510. The van der Waals surface area contributed by atoms with Crippen LogP contribution in [0.5, 0.6) is 0 Å². The molecule has 0 saturated heterocycles. The normalized spacial score (nSPS) is 11.2. The van der Waals surface area contributed by atoms with E-state index < -0.39 is 0 Å². The maximum Gasteiger partial charge on any atom is 0.242 e. The van der Waals surface area contributed by atoms with E-state index in [2.05, 4.69) is 187 Å². The second kappa shape index (κ2) is 13.4. The molecule has 0 radical (unpaired) electrons. The molecule has 0 saturated carbocycles. The first-order valence-electron chi connectivity index (χ1n) is 17.5. The number of fused-ring (bicyclic) bond motifs is 3. The van der Waals surface area contributed by atoms with Crippen molar-refractivity contribution in [3.05, 3.63) is 206 Å². The summed E-state index contributed by atoms with van der Waals surface area (Å²) in [5, 5.41) is 1.13. The van der Waals surface area contributed by atoms with Crippen molar-refractivity contribution in [2.45, 2.75) is 6.42 Å². The zero-order valence-electron chi connectivity index (χ0n) is 28.1. The summed E-state index contributed by atoms with van der Waals surface area (Å²) in [6.07, 6.45) is 2.63. The molecule has 0 unspecified atom stereocenters. The largest absolute Gasteiger partial charge is 0.306 e. The molecule has 3 nitrogen and oxygen atoms in total. The molecule has 240 valence electrons. The van der Waals surface area contributed by atoms with Crippen LogP contribution in [-0.4, -0.2) is 21.2 Å². The molecular weight excluding hydrogens is 617 g/mol. The number of nitrogens with zero attached hydrogens (tertiary/aromatic N) is 3. The number of hydrogen-bond donors (Lipinski definition) is 0. The summed E-state index contributed by atoms with van der Waals surface area (Å²) in [6.45, 7) is 0.0172. The molecular formula is C47H34BN3. The number of benzene rings is 7. The average molecular weight is 652 g/mol. The lowest BCUT2D eigenvalue weighted by Crippen LogP contribution is -2.53. The van der Waals surface area contributed by atoms with Gasteiger partial charge in [0.1, 0.15) is 11.3 Å². The van der Waals surface area contributed by atoms with Crippen LogP contribution in [0.25, 0.3) is 49.9 Å². The van der Waals surface area contributed by atoms with Gasteiger partial charge >= 0.3 is 0 Å². The summed E-state index contributed by atoms with van der Waals surface area (Å²) >= 11 is 0. The van der Waals surface area contributed by atoms with E-state index in [4.69, 9.17) is 9.97 Å². The summed E-state index contributed by atoms with van der Waals surface area (Å²) in [7, 11) is 0. The smallest absolute Gasteiger partial charge is 0.242 e. The number of para-hydroxylation sites is 2. The van der Waals surface area contributed by atoms with Gasteiger partial charge in [0.15, 0.2) is 0 Å². The molecule has 0 spiro atoms. The molecule has 0 amide bonds. The van der Waals surface area contributed by atoms with Gasteiger partial charge in [-0.05, 0) is 46.0 Å². The molecule has 2 aromatic heterocycles. The van der Waals surface area contributed by atoms with Crippen LogP contribution in [0.4, 0.5) is 0 Å². The molecule has 9 aromatic rings. The van der Waals surface area contributed by atoms with Gasteiger partial charge in [-0.2, -0.15) is 0 Å². The van der Waals surface area contributed by atoms with E-state index in [0.717, 1.165) is 33.4 Å². The van der Waals surface area contributed by atoms with Crippen molar-refractivity contribution < 1.29 is 0 Å². The summed E-state index contributed by atoms with van der Waals surface area (Å²) in [5.74, 6) is 0.812. The molecule has 0 aliphatic rings. The van der Waals surface area contributed by atoms with Crippen LogP contribution < -0.4 is 16.4 Å². The summed E-state index contributed by atoms with van der Waals surface area (Å²) < 4.78 is 2.25. The minimum Gasteiger partial charge on any atom is -0.306 e. The van der Waals surface area contributed by atoms with Crippen molar-refractivity contribution in [1.82, 2.24) is 14.5 Å². The topological polar surface area (TPSA) is 30.7 Å². The van der Waals surface area contributed by atoms with E-state index >= 15 is 0 Å². The third-order valence-corrected chi connectivity index (χ3v) is 9.86. The molecule has 0 bridgehead atoms. The highest BCUT2D eigenvalue weighted by molar-refractivity contribution is 6.97. The highest BCUT2D eigenvalue weighted by atomic mass is 15.0. The zero-order chi connectivity index (χ0) is 34.0. The first kappa shape index (κ1) is 30.5. The average Bonchev–Trinajstić information content (AvgIpc) is 3.54. The Morgan fingerprint density at radius 1 is 0.471 bits per heavy atom. The van der Waals surface area contributed by atoms with Crippen LogP contribution >= 0.6 is 0 Å². The van der Waals surface area contributed by atoms with E-state index in [0.29, 0.717) is 6.42 Å². The van der Waals surface area contributed by atoms with Gasteiger partial charge < -0.3 is 4.57 Å². The van der Waals surface area contributed by atoms with Gasteiger partial charge in [0.05, 0.1) is 17.2 Å². The van der Waals surface area contributed by atoms with Crippen LogP contribution in [0.2, 0.25) is 0 Å².